The molecule has 0 aromatic heterocycles. The second kappa shape index (κ2) is 4.81. The number of hydrogen-bond acceptors (Lipinski definition) is 3. The van der Waals surface area contributed by atoms with Gasteiger partial charge in [0, 0.05) is 25.2 Å². The molecular weight excluding hydrogens is 188 g/mol. The fraction of sp³-hybridized carbons (Fsp3) is 1.00. The predicted molar refractivity (Wildman–Crippen MR) is 62.1 cm³/mol. The van der Waals surface area contributed by atoms with Crippen LogP contribution in [-0.4, -0.2) is 49.3 Å². The van der Waals surface area contributed by atoms with E-state index in [0.717, 1.165) is 32.8 Å². The van der Waals surface area contributed by atoms with Crippen LogP contribution >= 0.6 is 0 Å². The van der Waals surface area contributed by atoms with Gasteiger partial charge in [0.05, 0.1) is 12.7 Å². The monoisotopic (exact) mass is 212 g/mol. The van der Waals surface area contributed by atoms with Gasteiger partial charge in [-0.15, -0.1) is 0 Å². The Morgan fingerprint density at radius 3 is 2.87 bits per heavy atom. The summed E-state index contributed by atoms with van der Waals surface area (Å²) < 4.78 is 5.77. The number of morpholine rings is 1. The number of nitrogens with one attached hydrogen (secondary N) is 1. The van der Waals surface area contributed by atoms with Crippen LogP contribution in [-0.2, 0) is 4.74 Å². The van der Waals surface area contributed by atoms with E-state index in [-0.39, 0.29) is 0 Å². The molecule has 1 aliphatic heterocycles. The van der Waals surface area contributed by atoms with E-state index >= 15 is 0 Å². The molecule has 1 unspecified atom stereocenters. The molecule has 3 nitrogen and oxygen atoms in total. The minimum atomic E-state index is 0.399. The zero-order valence-corrected chi connectivity index (χ0v) is 10.1. The average molecular weight is 212 g/mol. The molecule has 1 aliphatic carbocycles. The Bertz CT molecular complexity index is 204. The third-order valence-corrected chi connectivity index (χ3v) is 3.88. The number of hydrogen-bond donors (Lipinski definition) is 1. The van der Waals surface area contributed by atoms with Crippen molar-refractivity contribution >= 4 is 0 Å². The molecule has 1 atom stereocenters. The molecular formula is C12H24N2O. The zero-order chi connectivity index (χ0) is 10.7. The molecule has 2 fully saturated rings. The minimum absolute atomic E-state index is 0.399. The van der Waals surface area contributed by atoms with Crippen molar-refractivity contribution in [3.8, 4) is 0 Å². The van der Waals surface area contributed by atoms with Crippen LogP contribution in [0, 0.1) is 0 Å². The van der Waals surface area contributed by atoms with Crippen LogP contribution in [0.4, 0.5) is 0 Å². The van der Waals surface area contributed by atoms with Crippen molar-refractivity contribution < 1.29 is 4.74 Å². The van der Waals surface area contributed by atoms with Crippen molar-refractivity contribution in [3.05, 3.63) is 0 Å². The van der Waals surface area contributed by atoms with E-state index in [4.69, 9.17) is 4.74 Å². The normalized spacial score (nSPS) is 31.2. The van der Waals surface area contributed by atoms with E-state index in [1.165, 1.54) is 19.3 Å². The quantitative estimate of drug-likeness (QED) is 0.759. The number of rotatable bonds is 4. The van der Waals surface area contributed by atoms with Gasteiger partial charge < -0.3 is 10.1 Å². The number of nitrogens with zero attached hydrogens (tertiary/aromatic N) is 1. The lowest BCUT2D eigenvalue weighted by molar-refractivity contribution is -0.0306. The predicted octanol–water partition coefficient (Wildman–Crippen LogP) is 1.24. The summed E-state index contributed by atoms with van der Waals surface area (Å²) in [6.07, 6.45) is 4.45. The van der Waals surface area contributed by atoms with Crippen LogP contribution in [0.1, 0.15) is 33.1 Å². The first-order valence-electron chi connectivity index (χ1n) is 6.31. The first-order chi connectivity index (χ1) is 7.22. The molecule has 2 rings (SSSR count). The fourth-order valence-corrected chi connectivity index (χ4v) is 2.44. The van der Waals surface area contributed by atoms with Crippen molar-refractivity contribution in [3.63, 3.8) is 0 Å². The molecule has 2 aliphatic rings. The largest absolute Gasteiger partial charge is 0.374 e. The Hall–Kier alpha value is -0.120. The molecule has 1 saturated carbocycles. The van der Waals surface area contributed by atoms with Crippen molar-refractivity contribution in [1.82, 2.24) is 10.2 Å². The summed E-state index contributed by atoms with van der Waals surface area (Å²) in [6, 6.07) is 0. The van der Waals surface area contributed by atoms with Gasteiger partial charge in [0.25, 0.3) is 0 Å². The first-order valence-corrected chi connectivity index (χ1v) is 6.31. The molecule has 0 aromatic carbocycles. The van der Waals surface area contributed by atoms with E-state index < -0.39 is 0 Å². The van der Waals surface area contributed by atoms with Crippen LogP contribution in [0.25, 0.3) is 0 Å². The Morgan fingerprint density at radius 2 is 2.27 bits per heavy atom. The van der Waals surface area contributed by atoms with Crippen LogP contribution in [0.2, 0.25) is 0 Å². The van der Waals surface area contributed by atoms with Crippen LogP contribution in [0.3, 0.4) is 0 Å². The highest BCUT2D eigenvalue weighted by Gasteiger charge is 2.32. The minimum Gasteiger partial charge on any atom is -0.374 e. The molecule has 0 amide bonds. The van der Waals surface area contributed by atoms with E-state index in [1.54, 1.807) is 0 Å². The van der Waals surface area contributed by atoms with Crippen LogP contribution in [0.15, 0.2) is 0 Å². The smallest absolute Gasteiger partial charge is 0.0826 e. The second-order valence-electron chi connectivity index (χ2n) is 5.18. The number of ether oxygens (including phenoxy) is 1. The Balaban J connectivity index is 1.69. The summed E-state index contributed by atoms with van der Waals surface area (Å²) >= 11 is 0. The Morgan fingerprint density at radius 1 is 1.47 bits per heavy atom. The van der Waals surface area contributed by atoms with E-state index in [1.807, 2.05) is 0 Å². The molecule has 3 heteroatoms. The summed E-state index contributed by atoms with van der Waals surface area (Å²) in [5.41, 5.74) is 0.415. The maximum Gasteiger partial charge on any atom is 0.0826 e. The van der Waals surface area contributed by atoms with Crippen LogP contribution < -0.4 is 5.32 Å². The molecule has 1 saturated heterocycles. The van der Waals surface area contributed by atoms with Crippen molar-refractivity contribution in [2.24, 2.45) is 0 Å². The topological polar surface area (TPSA) is 24.5 Å². The van der Waals surface area contributed by atoms with Crippen molar-refractivity contribution in [2.75, 3.05) is 32.8 Å². The summed E-state index contributed by atoms with van der Waals surface area (Å²) in [7, 11) is 0. The molecule has 88 valence electrons. The molecule has 1 N–H and O–H groups in total. The third-order valence-electron chi connectivity index (χ3n) is 3.88. The number of likely N-dealkylation sites (N-methyl/N-ethyl adjacent to an activating group) is 1. The van der Waals surface area contributed by atoms with Crippen molar-refractivity contribution in [1.29, 1.82) is 0 Å². The van der Waals surface area contributed by atoms with Gasteiger partial charge in [-0.2, -0.15) is 0 Å². The lowest BCUT2D eigenvalue weighted by Crippen LogP contribution is -2.54. The van der Waals surface area contributed by atoms with Gasteiger partial charge in [-0.1, -0.05) is 6.92 Å². The SMILES string of the molecule is CCN1CCOC(CNC2(C)CCC2)C1. The molecule has 0 aromatic rings. The van der Waals surface area contributed by atoms with Gasteiger partial charge in [0.2, 0.25) is 0 Å². The average Bonchev–Trinajstić information content (AvgIpc) is 2.24. The highest BCUT2D eigenvalue weighted by Crippen LogP contribution is 2.30. The van der Waals surface area contributed by atoms with Gasteiger partial charge in [0.15, 0.2) is 0 Å². The van der Waals surface area contributed by atoms with Gasteiger partial charge in [0.1, 0.15) is 0 Å². The van der Waals surface area contributed by atoms with Gasteiger partial charge in [-0.05, 0) is 32.7 Å². The standard InChI is InChI=1S/C12H24N2O/c1-3-14-7-8-15-11(10-14)9-13-12(2)5-4-6-12/h11,13H,3-10H2,1-2H3. The van der Waals surface area contributed by atoms with E-state index in [9.17, 15) is 0 Å². The van der Waals surface area contributed by atoms with E-state index in [2.05, 4.69) is 24.1 Å². The molecule has 15 heavy (non-hydrogen) atoms. The molecule has 0 radical (unpaired) electrons. The molecule has 0 spiro atoms. The summed E-state index contributed by atoms with van der Waals surface area (Å²) in [4.78, 5) is 2.47. The fourth-order valence-electron chi connectivity index (χ4n) is 2.44. The molecule has 0 bridgehead atoms. The highest BCUT2D eigenvalue weighted by atomic mass is 16.5. The second-order valence-corrected chi connectivity index (χ2v) is 5.18. The summed E-state index contributed by atoms with van der Waals surface area (Å²) in [5.74, 6) is 0. The Kier molecular flexibility index (Phi) is 3.65. The van der Waals surface area contributed by atoms with Gasteiger partial charge >= 0.3 is 0 Å². The van der Waals surface area contributed by atoms with Crippen molar-refractivity contribution in [2.45, 2.75) is 44.8 Å². The summed E-state index contributed by atoms with van der Waals surface area (Å²) in [5, 5.41) is 3.66. The highest BCUT2D eigenvalue weighted by molar-refractivity contribution is 4.92. The summed E-state index contributed by atoms with van der Waals surface area (Å²) in [6.45, 7) is 9.82. The maximum atomic E-state index is 5.77. The zero-order valence-electron chi connectivity index (χ0n) is 10.1. The van der Waals surface area contributed by atoms with Gasteiger partial charge in [-0.3, -0.25) is 4.90 Å². The van der Waals surface area contributed by atoms with Gasteiger partial charge in [-0.25, -0.2) is 0 Å². The lowest BCUT2D eigenvalue weighted by Gasteiger charge is -2.41. The maximum absolute atomic E-state index is 5.77. The van der Waals surface area contributed by atoms with Crippen LogP contribution in [0.5, 0.6) is 0 Å². The third kappa shape index (κ3) is 2.92. The Labute approximate surface area is 93.2 Å². The first kappa shape index (κ1) is 11.4. The molecule has 1 heterocycles. The van der Waals surface area contributed by atoms with E-state index in [0.29, 0.717) is 11.6 Å². The lowest BCUT2D eigenvalue weighted by atomic mass is 9.78.